The fraction of sp³-hybridized carbons (Fsp3) is 0.125. The minimum Gasteiger partial charge on any atom is -0.497 e. The number of fused-ring (bicyclic) bond motifs is 1. The summed E-state index contributed by atoms with van der Waals surface area (Å²) in [6, 6.07) is 18.9. The minimum absolute atomic E-state index is 0.168. The van der Waals surface area contributed by atoms with Crippen LogP contribution in [0.15, 0.2) is 82.0 Å². The van der Waals surface area contributed by atoms with E-state index in [9.17, 15) is 4.79 Å². The zero-order valence-corrected chi connectivity index (χ0v) is 16.9. The molecule has 1 amide bonds. The Labute approximate surface area is 178 Å². The van der Waals surface area contributed by atoms with Crippen molar-refractivity contribution in [2.75, 3.05) is 13.7 Å². The van der Waals surface area contributed by atoms with Crippen molar-refractivity contribution in [3.63, 3.8) is 0 Å². The molecule has 1 N–H and O–H groups in total. The number of furan rings is 1. The number of hydrogen-bond acceptors (Lipinski definition) is 5. The Balaban J connectivity index is 1.45. The Morgan fingerprint density at radius 2 is 1.94 bits per heavy atom. The van der Waals surface area contributed by atoms with Crippen molar-refractivity contribution >= 4 is 28.9 Å². The van der Waals surface area contributed by atoms with Crippen molar-refractivity contribution in [3.8, 4) is 5.75 Å². The first kappa shape index (κ1) is 18.9. The summed E-state index contributed by atoms with van der Waals surface area (Å²) >= 11 is 0. The molecule has 0 aliphatic carbocycles. The van der Waals surface area contributed by atoms with Crippen molar-refractivity contribution in [3.05, 3.63) is 89.8 Å². The van der Waals surface area contributed by atoms with Crippen LogP contribution in [0.4, 0.5) is 0 Å². The Bertz CT molecular complexity index is 1250. The van der Waals surface area contributed by atoms with E-state index in [1.54, 1.807) is 36.5 Å². The average Bonchev–Trinajstić information content (AvgIpc) is 3.52. The monoisotopic (exact) mass is 412 g/mol. The smallest absolute Gasteiger partial charge is 0.278 e. The summed E-state index contributed by atoms with van der Waals surface area (Å²) in [4.78, 5) is 27.4. The minimum atomic E-state index is -0.168. The summed E-state index contributed by atoms with van der Waals surface area (Å²) in [7, 11) is 1.62. The molecule has 0 bridgehead atoms. The summed E-state index contributed by atoms with van der Waals surface area (Å²) < 4.78 is 10.6. The van der Waals surface area contributed by atoms with Crippen LogP contribution >= 0.6 is 0 Å². The number of methoxy groups -OCH3 is 1. The molecule has 154 valence electrons. The number of amidine groups is 1. The van der Waals surface area contributed by atoms with Crippen LogP contribution in [-0.4, -0.2) is 40.3 Å². The summed E-state index contributed by atoms with van der Waals surface area (Å²) in [6.07, 6.45) is 3.80. The number of aromatic amines is 1. The number of para-hydroxylation sites is 2. The first-order chi connectivity index (χ1) is 15.2. The molecule has 2 aromatic carbocycles. The number of ether oxygens (including phenoxy) is 1. The van der Waals surface area contributed by atoms with E-state index in [1.807, 2.05) is 48.5 Å². The number of rotatable bonds is 6. The van der Waals surface area contributed by atoms with E-state index >= 15 is 0 Å². The van der Waals surface area contributed by atoms with E-state index in [1.165, 1.54) is 0 Å². The molecule has 0 spiro atoms. The summed E-state index contributed by atoms with van der Waals surface area (Å²) in [6.45, 7) is 0.443. The summed E-state index contributed by atoms with van der Waals surface area (Å²) in [5, 5.41) is 0. The molecule has 0 unspecified atom stereocenters. The number of nitrogens with one attached hydrogen (secondary N) is 1. The second kappa shape index (κ2) is 7.95. The molecule has 31 heavy (non-hydrogen) atoms. The molecule has 0 radical (unpaired) electrons. The molecule has 1 aliphatic rings. The van der Waals surface area contributed by atoms with Gasteiger partial charge in [-0.15, -0.1) is 0 Å². The fourth-order valence-corrected chi connectivity index (χ4v) is 3.57. The van der Waals surface area contributed by atoms with E-state index in [2.05, 4.69) is 15.0 Å². The maximum Gasteiger partial charge on any atom is 0.278 e. The number of benzene rings is 2. The molecular weight excluding hydrogens is 392 g/mol. The lowest BCUT2D eigenvalue weighted by atomic mass is 10.2. The van der Waals surface area contributed by atoms with Crippen LogP contribution in [0.3, 0.4) is 0 Å². The number of nitrogens with zero attached hydrogens (tertiary/aromatic N) is 3. The number of aliphatic imine (C=N–C) groups is 1. The van der Waals surface area contributed by atoms with Gasteiger partial charge in [0.15, 0.2) is 0 Å². The van der Waals surface area contributed by atoms with Crippen LogP contribution in [0.5, 0.6) is 5.75 Å². The second-order valence-corrected chi connectivity index (χ2v) is 7.12. The van der Waals surface area contributed by atoms with Gasteiger partial charge in [0.05, 0.1) is 24.4 Å². The van der Waals surface area contributed by atoms with Gasteiger partial charge >= 0.3 is 0 Å². The lowest BCUT2D eigenvalue weighted by Gasteiger charge is -2.18. The predicted molar refractivity (Wildman–Crippen MR) is 118 cm³/mol. The molecule has 0 fully saturated rings. The lowest BCUT2D eigenvalue weighted by molar-refractivity contribution is -0.122. The molecule has 1 aliphatic heterocycles. The molecule has 0 saturated heterocycles. The fourth-order valence-electron chi connectivity index (χ4n) is 3.57. The molecule has 0 saturated carbocycles. The van der Waals surface area contributed by atoms with Gasteiger partial charge in [0, 0.05) is 24.6 Å². The quantitative estimate of drug-likeness (QED) is 0.485. The predicted octanol–water partition coefficient (Wildman–Crippen LogP) is 4.04. The highest BCUT2D eigenvalue weighted by atomic mass is 16.5. The van der Waals surface area contributed by atoms with Gasteiger partial charge in [0.1, 0.15) is 28.9 Å². The van der Waals surface area contributed by atoms with E-state index in [4.69, 9.17) is 9.15 Å². The topological polar surface area (TPSA) is 83.7 Å². The van der Waals surface area contributed by atoms with Crippen LogP contribution in [0, 0.1) is 0 Å². The first-order valence-corrected chi connectivity index (χ1v) is 9.95. The molecular formula is C24H20N4O3. The summed E-state index contributed by atoms with van der Waals surface area (Å²) in [5.74, 6) is 2.58. The Morgan fingerprint density at radius 3 is 2.68 bits per heavy atom. The van der Waals surface area contributed by atoms with Gasteiger partial charge in [-0.3, -0.25) is 9.69 Å². The van der Waals surface area contributed by atoms with Crippen molar-refractivity contribution in [1.82, 2.24) is 14.9 Å². The number of hydrogen-bond donors (Lipinski definition) is 1. The second-order valence-electron chi connectivity index (χ2n) is 7.12. The van der Waals surface area contributed by atoms with Crippen LogP contribution in [-0.2, 0) is 11.2 Å². The summed E-state index contributed by atoms with van der Waals surface area (Å²) in [5.41, 5.74) is 3.06. The molecule has 7 nitrogen and oxygen atoms in total. The molecule has 4 aromatic rings. The standard InChI is InChI=1S/C24H20N4O3/c1-30-17-10-8-16(9-11-17)23-27-21(15-18-5-4-14-31-18)24(29)28(23)13-12-22-25-19-6-2-3-7-20(19)26-22/h2-11,14-15H,12-13H2,1H3,(H,25,26). The maximum atomic E-state index is 13.2. The SMILES string of the molecule is COc1ccc(C2=NC(=Cc3ccco3)C(=O)N2CCc2nc3ccccc3[nH]2)cc1. The van der Waals surface area contributed by atoms with Crippen LogP contribution in [0.2, 0.25) is 0 Å². The van der Waals surface area contributed by atoms with Gasteiger partial charge in [0.2, 0.25) is 0 Å². The number of H-pyrrole nitrogens is 1. The molecule has 3 heterocycles. The number of carbonyl (C=O) groups excluding carboxylic acids is 1. The average molecular weight is 412 g/mol. The maximum absolute atomic E-state index is 13.2. The molecule has 2 aromatic heterocycles. The van der Waals surface area contributed by atoms with Gasteiger partial charge < -0.3 is 14.1 Å². The van der Waals surface area contributed by atoms with Gasteiger partial charge in [0.25, 0.3) is 5.91 Å². The Morgan fingerprint density at radius 1 is 1.10 bits per heavy atom. The van der Waals surface area contributed by atoms with Gasteiger partial charge in [-0.2, -0.15) is 0 Å². The van der Waals surface area contributed by atoms with Crippen LogP contribution < -0.4 is 4.74 Å². The zero-order chi connectivity index (χ0) is 21.2. The highest BCUT2D eigenvalue weighted by Gasteiger charge is 2.31. The highest BCUT2D eigenvalue weighted by molar-refractivity contribution is 6.19. The number of imidazole rings is 1. The lowest BCUT2D eigenvalue weighted by Crippen LogP contribution is -2.34. The number of carbonyl (C=O) groups is 1. The normalized spacial score (nSPS) is 15.1. The van der Waals surface area contributed by atoms with Crippen molar-refractivity contribution in [2.45, 2.75) is 6.42 Å². The zero-order valence-electron chi connectivity index (χ0n) is 16.9. The third kappa shape index (κ3) is 3.73. The van der Waals surface area contributed by atoms with Crippen molar-refractivity contribution in [2.24, 2.45) is 4.99 Å². The molecule has 0 atom stereocenters. The van der Waals surface area contributed by atoms with Crippen LogP contribution in [0.1, 0.15) is 17.1 Å². The third-order valence-corrected chi connectivity index (χ3v) is 5.13. The van der Waals surface area contributed by atoms with Gasteiger partial charge in [-0.1, -0.05) is 12.1 Å². The first-order valence-electron chi connectivity index (χ1n) is 9.95. The van der Waals surface area contributed by atoms with Crippen molar-refractivity contribution in [1.29, 1.82) is 0 Å². The Kier molecular flexibility index (Phi) is 4.84. The van der Waals surface area contributed by atoms with E-state index in [0.717, 1.165) is 28.2 Å². The number of aromatic nitrogens is 2. The molecule has 7 heteroatoms. The Hall–Kier alpha value is -4.13. The van der Waals surface area contributed by atoms with Gasteiger partial charge in [-0.05, 0) is 48.5 Å². The number of amides is 1. The largest absolute Gasteiger partial charge is 0.497 e. The van der Waals surface area contributed by atoms with E-state index in [0.29, 0.717) is 30.3 Å². The van der Waals surface area contributed by atoms with Crippen molar-refractivity contribution < 1.29 is 13.9 Å². The highest BCUT2D eigenvalue weighted by Crippen LogP contribution is 2.24. The van der Waals surface area contributed by atoms with E-state index < -0.39 is 0 Å². The van der Waals surface area contributed by atoms with E-state index in [-0.39, 0.29) is 5.91 Å². The van der Waals surface area contributed by atoms with Crippen LogP contribution in [0.25, 0.3) is 17.1 Å². The van der Waals surface area contributed by atoms with Gasteiger partial charge in [-0.25, -0.2) is 9.98 Å². The third-order valence-electron chi connectivity index (χ3n) is 5.13. The molecule has 5 rings (SSSR count).